The third-order valence-electron chi connectivity index (χ3n) is 18.5. The molecule has 1 aromatic heterocycles. The number of primary amides is 1. The number of benzene rings is 4. The standard InChI is InChI=1S/C75H95ClN18O14/c1-42(2)33-54-68(102)88-53-19-11-30-81-65(99)55(35-44-13-5-4-6-14-44)85-62(96)28-27-52(67(101)86-51(66(100)89-54)18-10-31-82-75(78)79)87-72(106)59(39-63(97)83-41-60(64(77)98)93-73(107)61-20-12-32-94(61)74(53)108)92-71(105)58(38-47-15-9-29-80-40-47)91-70(104)57(36-45-22-25-50(76)26-23-45)90-69(103)56(84-43(3)95)37-46-21-24-48-16-7-8-17-49(48)34-46/h4-9,13-17,21-26,29,34,40,42,51-61H,10-12,18-20,27-28,30-33,35-39,41H2,1-3H3,(H2,77,98)(H,81,99)(H,83,97)(H,84,95)(H,85,96)(H,86,101)(H,87,106)(H,88,102)(H,89,100)(H,90,103)(H,91,104)(H,92,105)(H,93,107)(H4,78,79,82)/t51-,52+,53+,54+,55+,56-,57-,58-,59+,60?,61+/m1/s1. The lowest BCUT2D eigenvalue weighted by atomic mass is 9.99. The van der Waals surface area contributed by atoms with E-state index in [4.69, 9.17) is 28.5 Å². The number of pyridine rings is 1. The number of nitrogens with one attached hydrogen (secondary N) is 14. The first kappa shape index (κ1) is 82.1. The van der Waals surface area contributed by atoms with E-state index in [2.05, 4.69) is 74.1 Å². The van der Waals surface area contributed by atoms with Crippen LogP contribution < -0.4 is 80.6 Å². The van der Waals surface area contributed by atoms with Crippen LogP contribution in [-0.4, -0.2) is 191 Å². The monoisotopic (exact) mass is 1510 g/mol. The van der Waals surface area contributed by atoms with Crippen LogP contribution in [0.1, 0.15) is 107 Å². The zero-order valence-electron chi connectivity index (χ0n) is 60.3. The van der Waals surface area contributed by atoms with E-state index in [0.717, 1.165) is 10.8 Å². The first-order chi connectivity index (χ1) is 51.7. The number of rotatable bonds is 22. The minimum atomic E-state index is -2.08. The summed E-state index contributed by atoms with van der Waals surface area (Å²) >= 11 is 6.28. The number of aromatic nitrogens is 1. The van der Waals surface area contributed by atoms with Gasteiger partial charge in [-0.3, -0.25) is 77.5 Å². The molecule has 3 aliphatic heterocycles. The number of nitrogens with two attached hydrogens (primary N) is 2. The van der Waals surface area contributed by atoms with Gasteiger partial charge in [0.25, 0.3) is 0 Å². The number of fused-ring (bicyclic) bond motifs is 11. The zero-order chi connectivity index (χ0) is 78.0. The Bertz CT molecular complexity index is 4080. The summed E-state index contributed by atoms with van der Waals surface area (Å²) < 4.78 is 0. The molecule has 0 radical (unpaired) electrons. The third-order valence-corrected chi connectivity index (χ3v) is 18.8. The van der Waals surface area contributed by atoms with Crippen LogP contribution in [0.3, 0.4) is 0 Å². The smallest absolute Gasteiger partial charge is 0.245 e. The van der Waals surface area contributed by atoms with Crippen molar-refractivity contribution in [3.8, 4) is 0 Å². The number of hydrogen-bond acceptors (Lipinski definition) is 16. The Kier molecular flexibility index (Phi) is 30.6. The number of carbonyl (C=O) groups is 14. The van der Waals surface area contributed by atoms with E-state index in [1.54, 1.807) is 86.6 Å². The fourth-order valence-corrected chi connectivity index (χ4v) is 13.1. The zero-order valence-corrected chi connectivity index (χ0v) is 61.1. The van der Waals surface area contributed by atoms with Gasteiger partial charge in [-0.25, -0.2) is 0 Å². The van der Waals surface area contributed by atoms with Crippen molar-refractivity contribution in [3.63, 3.8) is 0 Å². The van der Waals surface area contributed by atoms with Crippen molar-refractivity contribution < 1.29 is 67.1 Å². The Morgan fingerprint density at radius 1 is 0.602 bits per heavy atom. The molecule has 576 valence electrons. The molecule has 3 aliphatic rings. The predicted molar refractivity (Wildman–Crippen MR) is 398 cm³/mol. The molecule has 11 atom stereocenters. The van der Waals surface area contributed by atoms with Gasteiger partial charge in [0, 0.05) is 82.6 Å². The van der Waals surface area contributed by atoms with Gasteiger partial charge in [0.15, 0.2) is 5.96 Å². The molecule has 3 fully saturated rings. The number of guanidine groups is 1. The summed E-state index contributed by atoms with van der Waals surface area (Å²) in [5, 5.41) is 44.5. The molecule has 108 heavy (non-hydrogen) atoms. The molecular formula is C75H95ClN18O14. The van der Waals surface area contributed by atoms with Gasteiger partial charge >= 0.3 is 0 Å². The molecule has 4 heterocycles. The molecule has 2 bridgehead atoms. The van der Waals surface area contributed by atoms with Crippen LogP contribution in [0.15, 0.2) is 122 Å². The van der Waals surface area contributed by atoms with Gasteiger partial charge in [-0.1, -0.05) is 116 Å². The van der Waals surface area contributed by atoms with Crippen LogP contribution >= 0.6 is 11.6 Å². The molecule has 0 spiro atoms. The first-order valence-electron chi connectivity index (χ1n) is 36.0. The van der Waals surface area contributed by atoms with Crippen molar-refractivity contribution >= 4 is 111 Å². The highest BCUT2D eigenvalue weighted by atomic mass is 35.5. The van der Waals surface area contributed by atoms with Crippen molar-refractivity contribution in [3.05, 3.63) is 149 Å². The van der Waals surface area contributed by atoms with Crippen LogP contribution in [0.25, 0.3) is 10.8 Å². The van der Waals surface area contributed by atoms with E-state index >= 15 is 19.2 Å². The minimum Gasteiger partial charge on any atom is -0.370 e. The number of nitrogens with zero attached hydrogens (tertiary/aromatic N) is 2. The van der Waals surface area contributed by atoms with Gasteiger partial charge < -0.3 is 85.5 Å². The molecule has 0 saturated carbocycles. The SMILES string of the molecule is CC(=O)N[C@H](Cc1ccc2ccccc2c1)C(=O)N[C@H](Cc1ccc(Cl)cc1)C(=O)N[C@H](Cc1cccnc1)C(=O)N[C@H]1CC(=O)NCC(C(N)=O)NC(=O)[C@@H]2CCCN2C(=O)[C@@H]2CCCNC(=O)[C@H](Cc3ccccc3)NC(=O)CC[C@H](NC1=O)C(=O)N[C@H](CCCNC(=N)N)C(=O)N[C@@H](CC(C)C)C(=O)N2. The summed E-state index contributed by atoms with van der Waals surface area (Å²) in [4.78, 5) is 210. The van der Waals surface area contributed by atoms with E-state index in [0.29, 0.717) is 27.3 Å². The lowest BCUT2D eigenvalue weighted by molar-refractivity contribution is -0.142. The Balaban J connectivity index is 1.20. The maximum atomic E-state index is 15.4. The van der Waals surface area contributed by atoms with E-state index in [9.17, 15) is 47.9 Å². The van der Waals surface area contributed by atoms with Crippen LogP contribution in [0.5, 0.6) is 0 Å². The second-order valence-corrected chi connectivity index (χ2v) is 28.0. The summed E-state index contributed by atoms with van der Waals surface area (Å²) in [6, 6.07) is 14.1. The lowest BCUT2D eigenvalue weighted by Crippen LogP contribution is -2.61. The normalized spacial score (nSPS) is 21.9. The van der Waals surface area contributed by atoms with E-state index in [-0.39, 0.29) is 96.2 Å². The Morgan fingerprint density at radius 2 is 1.24 bits per heavy atom. The van der Waals surface area contributed by atoms with Crippen molar-refractivity contribution in [2.24, 2.45) is 17.4 Å². The van der Waals surface area contributed by atoms with Crippen molar-refractivity contribution in [2.45, 2.75) is 177 Å². The predicted octanol–water partition coefficient (Wildman–Crippen LogP) is -0.978. The third kappa shape index (κ3) is 25.3. The Morgan fingerprint density at radius 3 is 1.93 bits per heavy atom. The van der Waals surface area contributed by atoms with Crippen molar-refractivity contribution in [2.75, 3.05) is 26.2 Å². The van der Waals surface area contributed by atoms with E-state index in [1.807, 2.05) is 36.4 Å². The highest BCUT2D eigenvalue weighted by Gasteiger charge is 2.42. The minimum absolute atomic E-state index is 0.00240. The van der Waals surface area contributed by atoms with E-state index in [1.165, 1.54) is 24.2 Å². The van der Waals surface area contributed by atoms with Gasteiger partial charge in [0.05, 0.1) is 6.42 Å². The molecular weight excluding hydrogens is 1410 g/mol. The number of amides is 14. The van der Waals surface area contributed by atoms with Crippen molar-refractivity contribution in [1.29, 1.82) is 5.41 Å². The van der Waals surface area contributed by atoms with E-state index < -0.39 is 181 Å². The first-order valence-corrected chi connectivity index (χ1v) is 36.4. The summed E-state index contributed by atoms with van der Waals surface area (Å²) in [6.07, 6.45) is -0.0537. The lowest BCUT2D eigenvalue weighted by Gasteiger charge is -2.31. The molecule has 5 aromatic rings. The molecule has 33 heteroatoms. The quantitative estimate of drug-likeness (QED) is 0.0171. The molecule has 0 aliphatic carbocycles. The highest BCUT2D eigenvalue weighted by molar-refractivity contribution is 6.30. The molecule has 1 unspecified atom stereocenters. The fourth-order valence-electron chi connectivity index (χ4n) is 12.9. The fraction of sp³-hybridized carbons (Fsp3) is 0.440. The van der Waals surface area contributed by atoms with Crippen LogP contribution in [0.2, 0.25) is 5.02 Å². The topological polar surface area (TPSA) is 487 Å². The largest absolute Gasteiger partial charge is 0.370 e. The van der Waals surface area contributed by atoms with Crippen LogP contribution in [0, 0.1) is 11.3 Å². The molecule has 8 rings (SSSR count). The van der Waals surface area contributed by atoms with Gasteiger partial charge in [0.2, 0.25) is 82.7 Å². The number of hydrogen-bond donors (Lipinski definition) is 16. The Labute approximate surface area is 629 Å². The van der Waals surface area contributed by atoms with Crippen molar-refractivity contribution in [1.82, 2.24) is 79.0 Å². The summed E-state index contributed by atoms with van der Waals surface area (Å²) in [6.45, 7) is 3.91. The average molecular weight is 1510 g/mol. The Hall–Kier alpha value is -11.6. The maximum Gasteiger partial charge on any atom is 0.245 e. The van der Waals surface area contributed by atoms with Crippen LogP contribution in [-0.2, 0) is 92.8 Å². The van der Waals surface area contributed by atoms with Crippen LogP contribution in [0.4, 0.5) is 0 Å². The second-order valence-electron chi connectivity index (χ2n) is 27.5. The molecule has 32 nitrogen and oxygen atoms in total. The van der Waals surface area contributed by atoms with Gasteiger partial charge in [0.1, 0.15) is 66.5 Å². The average Bonchev–Trinajstić information content (AvgIpc) is 1.61. The molecule has 4 aromatic carbocycles. The molecule has 14 amide bonds. The summed E-state index contributed by atoms with van der Waals surface area (Å²) in [5.74, 6) is -13.7. The second kappa shape index (κ2) is 40.2. The summed E-state index contributed by atoms with van der Waals surface area (Å²) in [5.41, 5.74) is 13.6. The number of halogens is 1. The maximum absolute atomic E-state index is 15.4. The van der Waals surface area contributed by atoms with Gasteiger partial charge in [-0.05, 0) is 109 Å². The molecule has 3 saturated heterocycles. The van der Waals surface area contributed by atoms with Gasteiger partial charge in [-0.2, -0.15) is 0 Å². The molecule has 18 N–H and O–H groups in total. The summed E-state index contributed by atoms with van der Waals surface area (Å²) in [7, 11) is 0. The number of carbonyl (C=O) groups excluding carboxylic acids is 14. The van der Waals surface area contributed by atoms with Gasteiger partial charge in [-0.15, -0.1) is 0 Å². The highest BCUT2D eigenvalue weighted by Crippen LogP contribution is 2.23.